The Morgan fingerprint density at radius 2 is 0.946 bits per heavy atom. The number of hydrogen-bond acceptors (Lipinski definition) is 14. The van der Waals surface area contributed by atoms with Crippen LogP contribution in [0.25, 0.3) is 0 Å². The number of phosphoric acid groups is 1. The Kier molecular flexibility index (Phi) is 13.0. The maximum absolute atomic E-state index is 16.6. The SMILES string of the molecule is CC(C)C1C(COP(=O)(O[C@H]2[C@H](N3CCCC3=O)c3cc(C#N)ccc3OC2(C)C)O[C@H]2[C@H](N3CCCC3=O)c3cc(C#N)ccc3OC2(C)C)C1(C)O[C@H]1[C@H](N2CCCC2=O)c2cc(C#N)ccc2OC1(C)C. The summed E-state index contributed by atoms with van der Waals surface area (Å²) in [5.74, 6) is 0.529. The summed E-state index contributed by atoms with van der Waals surface area (Å²) in [4.78, 5) is 46.7. The fourth-order valence-electron chi connectivity index (χ4n) is 12.9. The summed E-state index contributed by atoms with van der Waals surface area (Å²) in [7, 11) is -4.99. The van der Waals surface area contributed by atoms with E-state index in [0.29, 0.717) is 95.9 Å². The van der Waals surface area contributed by atoms with Gasteiger partial charge in [-0.05, 0) is 134 Å². The lowest BCUT2D eigenvalue weighted by molar-refractivity contribution is -0.171. The summed E-state index contributed by atoms with van der Waals surface area (Å²) < 4.78 is 64.9. The fourth-order valence-corrected chi connectivity index (χ4v) is 14.7. The van der Waals surface area contributed by atoms with Gasteiger partial charge in [-0.2, -0.15) is 15.8 Å². The van der Waals surface area contributed by atoms with Crippen molar-refractivity contribution in [2.75, 3.05) is 26.2 Å². The summed E-state index contributed by atoms with van der Waals surface area (Å²) in [6, 6.07) is 19.5. The Labute approximate surface area is 433 Å². The Morgan fingerprint density at radius 1 is 0.595 bits per heavy atom. The minimum Gasteiger partial charge on any atom is -0.485 e. The highest BCUT2D eigenvalue weighted by molar-refractivity contribution is 7.48. The van der Waals surface area contributed by atoms with Crippen LogP contribution in [0.15, 0.2) is 54.6 Å². The molecule has 7 aliphatic rings. The predicted molar refractivity (Wildman–Crippen MR) is 267 cm³/mol. The largest absolute Gasteiger partial charge is 0.485 e. The van der Waals surface area contributed by atoms with Gasteiger partial charge in [-0.25, -0.2) is 4.57 Å². The lowest BCUT2D eigenvalue weighted by atomic mass is 9.84. The zero-order chi connectivity index (χ0) is 52.9. The molecular weight excluding hydrogens is 964 g/mol. The lowest BCUT2D eigenvalue weighted by Crippen LogP contribution is -2.56. The molecule has 3 unspecified atom stereocenters. The molecule has 6 heterocycles. The topological polar surface area (TPSA) is 214 Å². The van der Waals surface area contributed by atoms with Crippen LogP contribution in [-0.4, -0.2) is 99.4 Å². The number of carbonyl (C=O) groups excluding carboxylic acids is 3. The molecule has 9 atom stereocenters. The number of carbonyl (C=O) groups is 3. The molecular formula is C56H65N6O11P. The molecule has 390 valence electrons. The molecule has 0 bridgehead atoms. The molecule has 0 N–H and O–H groups in total. The number of phosphoric ester groups is 1. The van der Waals surface area contributed by atoms with E-state index in [1.807, 2.05) is 25.7 Å². The van der Waals surface area contributed by atoms with E-state index in [1.165, 1.54) is 0 Å². The van der Waals surface area contributed by atoms with Gasteiger partial charge >= 0.3 is 7.82 Å². The van der Waals surface area contributed by atoms with Gasteiger partial charge in [0.1, 0.15) is 52.4 Å². The minimum atomic E-state index is -4.99. The van der Waals surface area contributed by atoms with E-state index in [-0.39, 0.29) is 49.0 Å². The predicted octanol–water partition coefficient (Wildman–Crippen LogP) is 9.15. The normalized spacial score (nSPS) is 30.3. The number of amides is 3. The van der Waals surface area contributed by atoms with Gasteiger partial charge in [-0.15, -0.1) is 0 Å². The first-order chi connectivity index (χ1) is 35.0. The second kappa shape index (κ2) is 18.7. The van der Waals surface area contributed by atoms with Crippen LogP contribution < -0.4 is 14.2 Å². The summed E-state index contributed by atoms with van der Waals surface area (Å²) in [5, 5.41) is 30.2. The number of likely N-dealkylation sites (tertiary alicyclic amines) is 3. The van der Waals surface area contributed by atoms with Crippen LogP contribution in [0.1, 0.15) is 152 Å². The number of benzene rings is 3. The Bertz CT molecular complexity index is 2850. The summed E-state index contributed by atoms with van der Waals surface area (Å²) in [5.41, 5.74) is -1.72. The standard InChI is InChI=1S/C56H65N6O11P/c1-32(2)46-39(56(46,9)71-50-47(60-22-10-13-43(60)63)36-25-33(28-57)16-19-40(36)68-53(50,3)4)31-67-74(66,72-51-48(61-23-11-14-44(61)64)37-26-34(29-58)17-20-41(37)69-54(51,5)6)73-52-49(62-24-12-15-45(62)65)38-27-35(30-59)18-21-42(38)70-55(52,7)8/h16-21,25-27,32,39,46-52H,10-15,22-24,31H2,1-9H3/t39?,46?,47-,48-,49-,50+,51+,52+,56?/m1/s1. The van der Waals surface area contributed by atoms with Gasteiger partial charge in [0, 0.05) is 61.5 Å². The number of rotatable bonds is 13. The number of nitriles is 3. The molecule has 74 heavy (non-hydrogen) atoms. The van der Waals surface area contributed by atoms with E-state index < -0.39 is 72.6 Å². The van der Waals surface area contributed by atoms with Crippen molar-refractivity contribution in [3.8, 4) is 35.5 Å². The van der Waals surface area contributed by atoms with Crippen molar-refractivity contribution in [3.05, 3.63) is 88.0 Å². The molecule has 0 spiro atoms. The van der Waals surface area contributed by atoms with Crippen LogP contribution in [-0.2, 0) is 37.3 Å². The van der Waals surface area contributed by atoms with Crippen molar-refractivity contribution in [2.24, 2.45) is 17.8 Å². The van der Waals surface area contributed by atoms with E-state index in [4.69, 9.17) is 32.5 Å². The van der Waals surface area contributed by atoms with Gasteiger partial charge in [-0.3, -0.25) is 28.0 Å². The smallest absolute Gasteiger partial charge is 0.475 e. The van der Waals surface area contributed by atoms with Crippen molar-refractivity contribution < 1.29 is 51.5 Å². The quantitative estimate of drug-likeness (QED) is 0.146. The highest BCUT2D eigenvalue weighted by Gasteiger charge is 2.68. The molecule has 4 fully saturated rings. The summed E-state index contributed by atoms with van der Waals surface area (Å²) in [6.45, 7) is 18.2. The third-order valence-electron chi connectivity index (χ3n) is 16.5. The third-order valence-corrected chi connectivity index (χ3v) is 17.9. The Morgan fingerprint density at radius 3 is 1.27 bits per heavy atom. The molecule has 18 heteroatoms. The fraction of sp³-hybridized carbons (Fsp3) is 0.571. The van der Waals surface area contributed by atoms with E-state index in [1.54, 1.807) is 92.1 Å². The summed E-state index contributed by atoms with van der Waals surface area (Å²) >= 11 is 0. The van der Waals surface area contributed by atoms with Gasteiger partial charge in [0.15, 0.2) is 0 Å². The first-order valence-electron chi connectivity index (χ1n) is 25.9. The molecule has 10 rings (SSSR count). The molecule has 1 aliphatic carbocycles. The van der Waals surface area contributed by atoms with E-state index >= 15 is 4.57 Å². The molecule has 0 aromatic heterocycles. The summed E-state index contributed by atoms with van der Waals surface area (Å²) in [6.07, 6.45) is -0.387. The molecule has 3 saturated heterocycles. The van der Waals surface area contributed by atoms with Crippen LogP contribution >= 0.6 is 7.82 Å². The molecule has 17 nitrogen and oxygen atoms in total. The van der Waals surface area contributed by atoms with Gasteiger partial charge in [0.05, 0.1) is 65.2 Å². The van der Waals surface area contributed by atoms with Crippen LogP contribution in [0.4, 0.5) is 0 Å². The van der Waals surface area contributed by atoms with Crippen molar-refractivity contribution >= 4 is 25.5 Å². The second-order valence-corrected chi connectivity index (χ2v) is 24.6. The molecule has 6 aliphatic heterocycles. The van der Waals surface area contributed by atoms with Gasteiger partial charge in [-0.1, -0.05) is 13.8 Å². The van der Waals surface area contributed by atoms with Crippen molar-refractivity contribution in [3.63, 3.8) is 0 Å². The van der Waals surface area contributed by atoms with Gasteiger partial charge < -0.3 is 33.6 Å². The number of ether oxygens (including phenoxy) is 4. The van der Waals surface area contributed by atoms with Crippen molar-refractivity contribution in [1.82, 2.24) is 14.7 Å². The molecule has 3 amide bonds. The monoisotopic (exact) mass is 1030 g/mol. The van der Waals surface area contributed by atoms with Crippen molar-refractivity contribution in [2.45, 2.75) is 160 Å². The van der Waals surface area contributed by atoms with Crippen molar-refractivity contribution in [1.29, 1.82) is 15.8 Å². The highest BCUT2D eigenvalue weighted by atomic mass is 31.2. The molecule has 3 aromatic rings. The molecule has 1 saturated carbocycles. The van der Waals surface area contributed by atoms with Crippen LogP contribution in [0.5, 0.6) is 17.2 Å². The van der Waals surface area contributed by atoms with Crippen LogP contribution in [0.2, 0.25) is 0 Å². The molecule has 0 radical (unpaired) electrons. The Balaban J connectivity index is 1.06. The van der Waals surface area contributed by atoms with Gasteiger partial charge in [0.2, 0.25) is 17.7 Å². The maximum atomic E-state index is 16.6. The van der Waals surface area contributed by atoms with E-state index in [0.717, 1.165) is 0 Å². The molecule has 3 aromatic carbocycles. The van der Waals surface area contributed by atoms with Crippen LogP contribution in [0, 0.1) is 51.7 Å². The van der Waals surface area contributed by atoms with Crippen LogP contribution in [0.3, 0.4) is 0 Å². The number of fused-ring (bicyclic) bond motifs is 3. The third kappa shape index (κ3) is 8.90. The zero-order valence-corrected chi connectivity index (χ0v) is 44.5. The minimum absolute atomic E-state index is 0.0101. The Hall–Kier alpha value is -5.99. The van der Waals surface area contributed by atoms with Gasteiger partial charge in [0.25, 0.3) is 0 Å². The van der Waals surface area contributed by atoms with E-state index in [2.05, 4.69) is 32.1 Å². The lowest BCUT2D eigenvalue weighted by Gasteiger charge is -2.50. The highest BCUT2D eigenvalue weighted by Crippen LogP contribution is 2.65. The average molecular weight is 1030 g/mol. The van der Waals surface area contributed by atoms with E-state index in [9.17, 15) is 30.2 Å². The number of hydrogen-bond donors (Lipinski definition) is 0. The zero-order valence-electron chi connectivity index (χ0n) is 43.6. The number of nitrogens with zero attached hydrogens (tertiary/aromatic N) is 6. The maximum Gasteiger partial charge on any atom is 0.475 e. The first-order valence-corrected chi connectivity index (χ1v) is 27.4. The first kappa shape index (κ1) is 51.5. The second-order valence-electron chi connectivity index (χ2n) is 23.0. The average Bonchev–Trinajstić information content (AvgIpc) is 3.80.